The number of ether oxygens (including phenoxy) is 1. The molecular weight excluding hydrogens is 424 g/mol. The number of carboxylic acid groups (broad SMARTS) is 1. The number of hydrogen-bond donors (Lipinski definition) is 2. The number of carboxylic acids is 1. The van der Waals surface area contributed by atoms with Gasteiger partial charge in [0.05, 0.1) is 13.5 Å². The van der Waals surface area contributed by atoms with Gasteiger partial charge in [-0.2, -0.15) is 0 Å². The monoisotopic (exact) mass is 452 g/mol. The van der Waals surface area contributed by atoms with Crippen molar-refractivity contribution in [1.29, 1.82) is 0 Å². The van der Waals surface area contributed by atoms with E-state index in [0.717, 1.165) is 60.7 Å². The van der Waals surface area contributed by atoms with Crippen molar-refractivity contribution in [3.05, 3.63) is 63.4 Å². The number of methoxy groups -OCH3 is 1. The molecule has 1 atom stereocenters. The summed E-state index contributed by atoms with van der Waals surface area (Å²) in [4.78, 5) is 26.2. The van der Waals surface area contributed by atoms with E-state index in [1.165, 1.54) is 16.9 Å². The van der Waals surface area contributed by atoms with Gasteiger partial charge in [0.15, 0.2) is 0 Å². The van der Waals surface area contributed by atoms with E-state index < -0.39 is 5.97 Å². The number of pyridine rings is 2. The summed E-state index contributed by atoms with van der Waals surface area (Å²) in [7, 11) is 1.56. The van der Waals surface area contributed by atoms with Gasteiger partial charge < -0.3 is 15.2 Å². The van der Waals surface area contributed by atoms with Crippen LogP contribution < -0.4 is 10.1 Å². The molecule has 4 rings (SSSR count). The summed E-state index contributed by atoms with van der Waals surface area (Å²) in [5.74, 6) is 0.400. The van der Waals surface area contributed by atoms with Crippen molar-refractivity contribution in [1.82, 2.24) is 15.0 Å². The average Bonchev–Trinajstić information content (AvgIpc) is 3.29. The van der Waals surface area contributed by atoms with Crippen molar-refractivity contribution in [3.8, 4) is 5.88 Å². The van der Waals surface area contributed by atoms with Gasteiger partial charge in [-0.25, -0.2) is 15.0 Å². The number of aliphatic carboxylic acids is 1. The molecule has 0 aromatic carbocycles. The van der Waals surface area contributed by atoms with Crippen LogP contribution in [-0.4, -0.2) is 39.7 Å². The van der Waals surface area contributed by atoms with Crippen LogP contribution in [0.3, 0.4) is 0 Å². The number of thiazole rings is 1. The SMILES string of the molecule is COc1ccc([C@@H](CC(=O)O)c2ncc(CCCCc3ccc4c(n3)NCCC4)s2)cn1. The Morgan fingerprint density at radius 1 is 1.19 bits per heavy atom. The highest BCUT2D eigenvalue weighted by atomic mass is 32.1. The molecule has 0 unspecified atom stereocenters. The third-order valence-electron chi connectivity index (χ3n) is 5.68. The van der Waals surface area contributed by atoms with Crippen molar-refractivity contribution in [3.63, 3.8) is 0 Å². The van der Waals surface area contributed by atoms with E-state index in [2.05, 4.69) is 27.4 Å². The number of aromatic nitrogens is 3. The summed E-state index contributed by atoms with van der Waals surface area (Å²) in [5.41, 5.74) is 3.29. The minimum absolute atomic E-state index is 0.0149. The van der Waals surface area contributed by atoms with Crippen LogP contribution in [0.5, 0.6) is 5.88 Å². The van der Waals surface area contributed by atoms with E-state index in [-0.39, 0.29) is 12.3 Å². The number of nitrogens with zero attached hydrogens (tertiary/aromatic N) is 3. The molecule has 32 heavy (non-hydrogen) atoms. The zero-order valence-corrected chi connectivity index (χ0v) is 19.0. The molecule has 0 spiro atoms. The molecule has 4 heterocycles. The number of carbonyl (C=O) groups is 1. The standard InChI is InChI=1S/C24H28N4O3S/c1-31-21-11-9-17(14-26-21)20(13-22(29)30)24-27-15-19(32-24)7-3-2-6-18-10-8-16-5-4-12-25-23(16)28-18/h8-11,14-15,20H,2-7,12-13H2,1H3,(H,25,28)(H,29,30)/t20-/m1/s1. The molecule has 0 bridgehead atoms. The van der Waals surface area contributed by atoms with Crippen molar-refractivity contribution >= 4 is 23.1 Å². The summed E-state index contributed by atoms with van der Waals surface area (Å²) in [6, 6.07) is 7.97. The van der Waals surface area contributed by atoms with Gasteiger partial charge in [-0.1, -0.05) is 12.1 Å². The van der Waals surface area contributed by atoms with Gasteiger partial charge in [0.2, 0.25) is 5.88 Å². The Kier molecular flexibility index (Phi) is 7.32. The first kappa shape index (κ1) is 22.2. The van der Waals surface area contributed by atoms with Crippen molar-refractivity contribution in [2.45, 2.75) is 50.9 Å². The van der Waals surface area contributed by atoms with E-state index in [1.54, 1.807) is 30.7 Å². The fraction of sp³-hybridized carbons (Fsp3) is 0.417. The lowest BCUT2D eigenvalue weighted by Gasteiger charge is -2.17. The highest BCUT2D eigenvalue weighted by Crippen LogP contribution is 2.32. The first-order chi connectivity index (χ1) is 15.6. The van der Waals surface area contributed by atoms with Gasteiger partial charge in [-0.05, 0) is 55.7 Å². The van der Waals surface area contributed by atoms with Crippen molar-refractivity contribution in [2.75, 3.05) is 19.0 Å². The van der Waals surface area contributed by atoms with Crippen LogP contribution in [-0.2, 0) is 24.1 Å². The summed E-state index contributed by atoms with van der Waals surface area (Å²) in [6.07, 6.45) is 9.81. The first-order valence-electron chi connectivity index (χ1n) is 11.0. The van der Waals surface area contributed by atoms with Gasteiger partial charge in [0.1, 0.15) is 10.8 Å². The van der Waals surface area contributed by atoms with Gasteiger partial charge in [0.25, 0.3) is 0 Å². The Hall–Kier alpha value is -3.00. The number of unbranched alkanes of at least 4 members (excludes halogenated alkanes) is 1. The summed E-state index contributed by atoms with van der Waals surface area (Å²) < 4.78 is 5.11. The fourth-order valence-corrected chi connectivity index (χ4v) is 5.04. The molecule has 3 aromatic rings. The molecule has 7 nitrogen and oxygen atoms in total. The molecule has 8 heteroatoms. The molecule has 2 N–H and O–H groups in total. The maximum Gasteiger partial charge on any atom is 0.304 e. The summed E-state index contributed by atoms with van der Waals surface area (Å²) in [6.45, 7) is 1.01. The molecule has 1 aliphatic heterocycles. The lowest BCUT2D eigenvalue weighted by Crippen LogP contribution is -2.14. The van der Waals surface area contributed by atoms with Crippen molar-refractivity contribution in [2.24, 2.45) is 0 Å². The second-order valence-corrected chi connectivity index (χ2v) is 9.14. The second kappa shape index (κ2) is 10.5. The molecule has 1 aliphatic rings. The highest BCUT2D eigenvalue weighted by molar-refractivity contribution is 7.11. The second-order valence-electron chi connectivity index (χ2n) is 8.00. The molecule has 3 aromatic heterocycles. The Morgan fingerprint density at radius 2 is 2.06 bits per heavy atom. The lowest BCUT2D eigenvalue weighted by atomic mass is 9.98. The van der Waals surface area contributed by atoms with Crippen LogP contribution in [0.1, 0.15) is 58.3 Å². The van der Waals surface area contributed by atoms with Crippen LogP contribution in [0.2, 0.25) is 0 Å². The Balaban J connectivity index is 1.34. The topological polar surface area (TPSA) is 97.2 Å². The molecule has 0 radical (unpaired) electrons. The molecular formula is C24H28N4O3S. The van der Waals surface area contributed by atoms with Crippen LogP contribution in [0, 0.1) is 0 Å². The number of fused-ring (bicyclic) bond motifs is 1. The molecule has 168 valence electrons. The van der Waals surface area contributed by atoms with Gasteiger partial charge >= 0.3 is 5.97 Å². The Labute approximate surface area is 191 Å². The predicted octanol–water partition coefficient (Wildman–Crippen LogP) is 4.47. The first-order valence-corrected chi connectivity index (χ1v) is 11.8. The molecule has 0 saturated heterocycles. The minimum Gasteiger partial charge on any atom is -0.481 e. The third-order valence-corrected chi connectivity index (χ3v) is 6.85. The zero-order chi connectivity index (χ0) is 22.3. The number of nitrogens with one attached hydrogen (secondary N) is 1. The number of rotatable bonds is 10. The normalized spacial score (nSPS) is 13.8. The molecule has 0 amide bonds. The lowest BCUT2D eigenvalue weighted by molar-refractivity contribution is -0.137. The summed E-state index contributed by atoms with van der Waals surface area (Å²) in [5, 5.41) is 13.6. The highest BCUT2D eigenvalue weighted by Gasteiger charge is 2.22. The third kappa shape index (κ3) is 5.62. The summed E-state index contributed by atoms with van der Waals surface area (Å²) >= 11 is 1.59. The quantitative estimate of drug-likeness (QED) is 0.438. The van der Waals surface area contributed by atoms with Gasteiger partial charge in [-0.3, -0.25) is 4.79 Å². The van der Waals surface area contributed by atoms with E-state index in [0.29, 0.717) is 5.88 Å². The number of hydrogen-bond acceptors (Lipinski definition) is 7. The number of aryl methyl sites for hydroxylation is 3. The predicted molar refractivity (Wildman–Crippen MR) is 125 cm³/mol. The number of anilines is 1. The molecule has 0 saturated carbocycles. The van der Waals surface area contributed by atoms with Crippen LogP contribution in [0.15, 0.2) is 36.7 Å². The smallest absolute Gasteiger partial charge is 0.304 e. The minimum atomic E-state index is -0.852. The average molecular weight is 453 g/mol. The van der Waals surface area contributed by atoms with Crippen molar-refractivity contribution < 1.29 is 14.6 Å². The van der Waals surface area contributed by atoms with Crippen LogP contribution >= 0.6 is 11.3 Å². The molecule has 0 fully saturated rings. The van der Waals surface area contributed by atoms with E-state index in [9.17, 15) is 9.90 Å². The van der Waals surface area contributed by atoms with E-state index >= 15 is 0 Å². The van der Waals surface area contributed by atoms with Crippen LogP contribution in [0.4, 0.5) is 5.82 Å². The van der Waals surface area contributed by atoms with Crippen LogP contribution in [0.25, 0.3) is 0 Å². The maximum atomic E-state index is 11.4. The van der Waals surface area contributed by atoms with Gasteiger partial charge in [-0.15, -0.1) is 11.3 Å². The fourth-order valence-electron chi connectivity index (χ4n) is 3.95. The largest absolute Gasteiger partial charge is 0.481 e. The zero-order valence-electron chi connectivity index (χ0n) is 18.2. The molecule has 0 aliphatic carbocycles. The Morgan fingerprint density at radius 3 is 2.84 bits per heavy atom. The van der Waals surface area contributed by atoms with Gasteiger partial charge in [0, 0.05) is 41.5 Å². The van der Waals surface area contributed by atoms with E-state index in [1.807, 2.05) is 12.3 Å². The Bertz CT molecular complexity index is 1050. The maximum absolute atomic E-state index is 11.4. The van der Waals surface area contributed by atoms with E-state index in [4.69, 9.17) is 9.72 Å².